The van der Waals surface area contributed by atoms with Crippen molar-refractivity contribution in [2.75, 3.05) is 19.7 Å². The molecule has 4 rings (SSSR count). The van der Waals surface area contributed by atoms with Gasteiger partial charge < -0.3 is 14.4 Å². The zero-order chi connectivity index (χ0) is 22.0. The van der Waals surface area contributed by atoms with Gasteiger partial charge in [-0.25, -0.2) is 13.9 Å². The Bertz CT molecular complexity index is 907. The molecule has 0 N–H and O–H groups in total. The normalized spacial score (nSPS) is 20.6. The number of hydrogen-bond acceptors (Lipinski definition) is 4. The van der Waals surface area contributed by atoms with Crippen LogP contribution in [0.4, 0.5) is 9.18 Å². The molecule has 0 bridgehead atoms. The minimum atomic E-state index is -0.507. The maximum atomic E-state index is 15.0. The Morgan fingerprint density at radius 3 is 2.58 bits per heavy atom. The van der Waals surface area contributed by atoms with Crippen molar-refractivity contribution in [3.8, 4) is 11.1 Å². The summed E-state index contributed by atoms with van der Waals surface area (Å²) in [5, 5.41) is 4.43. The fourth-order valence-electron chi connectivity index (χ4n) is 4.31. The summed E-state index contributed by atoms with van der Waals surface area (Å²) in [5.41, 5.74) is 1.91. The Balaban J connectivity index is 1.39. The number of ether oxygens (including phenoxy) is 2. The Labute approximate surface area is 183 Å². The summed E-state index contributed by atoms with van der Waals surface area (Å²) in [5.74, 6) is -0.0963. The molecule has 3 heterocycles. The number of rotatable bonds is 3. The molecule has 168 valence electrons. The zero-order valence-electron chi connectivity index (χ0n) is 18.6. The maximum absolute atomic E-state index is 15.0. The van der Waals surface area contributed by atoms with Crippen molar-refractivity contribution >= 4 is 6.09 Å². The molecule has 1 atom stereocenters. The van der Waals surface area contributed by atoms with E-state index >= 15 is 4.39 Å². The lowest BCUT2D eigenvalue weighted by atomic mass is 9.88. The van der Waals surface area contributed by atoms with Crippen LogP contribution in [0.2, 0.25) is 0 Å². The smallest absolute Gasteiger partial charge is 0.410 e. The molecule has 1 amide bonds. The molecule has 7 heteroatoms. The van der Waals surface area contributed by atoms with E-state index in [1.807, 2.05) is 43.8 Å². The molecule has 0 aliphatic carbocycles. The lowest BCUT2D eigenvalue weighted by Crippen LogP contribution is -2.41. The van der Waals surface area contributed by atoms with Gasteiger partial charge in [0.1, 0.15) is 17.6 Å². The van der Waals surface area contributed by atoms with Crippen molar-refractivity contribution in [3.05, 3.63) is 42.0 Å². The fraction of sp³-hybridized carbons (Fsp3) is 0.583. The number of amides is 1. The van der Waals surface area contributed by atoms with Gasteiger partial charge in [0, 0.05) is 31.5 Å². The van der Waals surface area contributed by atoms with Crippen molar-refractivity contribution in [2.45, 2.75) is 70.6 Å². The van der Waals surface area contributed by atoms with Crippen molar-refractivity contribution < 1.29 is 18.7 Å². The van der Waals surface area contributed by atoms with E-state index in [9.17, 15) is 4.79 Å². The minimum absolute atomic E-state index is 0.0261. The van der Waals surface area contributed by atoms with Crippen molar-refractivity contribution in [1.82, 2.24) is 14.7 Å². The first-order valence-electron chi connectivity index (χ1n) is 11.2. The van der Waals surface area contributed by atoms with Crippen LogP contribution in [0.15, 0.2) is 30.6 Å². The summed E-state index contributed by atoms with van der Waals surface area (Å²) in [6, 6.07) is 5.44. The van der Waals surface area contributed by atoms with Crippen molar-refractivity contribution in [1.29, 1.82) is 0 Å². The van der Waals surface area contributed by atoms with Gasteiger partial charge in [0.15, 0.2) is 0 Å². The molecule has 1 aromatic heterocycles. The molecule has 6 nitrogen and oxygen atoms in total. The molecule has 31 heavy (non-hydrogen) atoms. The highest BCUT2D eigenvalue weighted by Crippen LogP contribution is 2.33. The topological polar surface area (TPSA) is 56.6 Å². The summed E-state index contributed by atoms with van der Waals surface area (Å²) in [6.07, 6.45) is 8.02. The van der Waals surface area contributed by atoms with E-state index in [0.717, 1.165) is 55.4 Å². The second-order valence-corrected chi connectivity index (χ2v) is 9.51. The lowest BCUT2D eigenvalue weighted by Gasteiger charge is -2.33. The van der Waals surface area contributed by atoms with Crippen LogP contribution in [0.25, 0.3) is 11.1 Å². The summed E-state index contributed by atoms with van der Waals surface area (Å²) >= 11 is 0. The molecule has 2 aromatic rings. The molecular weight excluding hydrogens is 397 g/mol. The van der Waals surface area contributed by atoms with Gasteiger partial charge in [0.2, 0.25) is 0 Å². The molecule has 1 unspecified atom stereocenters. The van der Waals surface area contributed by atoms with Gasteiger partial charge in [-0.3, -0.25) is 0 Å². The Morgan fingerprint density at radius 1 is 1.16 bits per heavy atom. The largest absolute Gasteiger partial charge is 0.444 e. The van der Waals surface area contributed by atoms with Crippen LogP contribution >= 0.6 is 0 Å². The number of halogens is 1. The van der Waals surface area contributed by atoms with E-state index < -0.39 is 5.60 Å². The van der Waals surface area contributed by atoms with Gasteiger partial charge >= 0.3 is 6.09 Å². The van der Waals surface area contributed by atoms with Gasteiger partial charge in [-0.05, 0) is 76.0 Å². The number of carbonyl (C=O) groups is 1. The zero-order valence-corrected chi connectivity index (χ0v) is 18.6. The highest BCUT2D eigenvalue weighted by Gasteiger charge is 2.28. The Hall–Kier alpha value is -2.41. The van der Waals surface area contributed by atoms with E-state index in [1.165, 1.54) is 0 Å². The molecule has 0 spiro atoms. The molecule has 2 aliphatic heterocycles. The van der Waals surface area contributed by atoms with Crippen LogP contribution < -0.4 is 0 Å². The van der Waals surface area contributed by atoms with Crippen LogP contribution in [0.1, 0.15) is 70.6 Å². The van der Waals surface area contributed by atoms with Crippen LogP contribution in [0.5, 0.6) is 0 Å². The van der Waals surface area contributed by atoms with E-state index in [4.69, 9.17) is 9.47 Å². The number of hydrogen-bond donors (Lipinski definition) is 0. The maximum Gasteiger partial charge on any atom is 0.410 e. The molecule has 0 saturated carbocycles. The lowest BCUT2D eigenvalue weighted by molar-refractivity contribution is -0.0394. The van der Waals surface area contributed by atoms with Gasteiger partial charge in [-0.2, -0.15) is 5.10 Å². The van der Waals surface area contributed by atoms with Gasteiger partial charge in [0.05, 0.1) is 6.20 Å². The third-order valence-electron chi connectivity index (χ3n) is 5.97. The van der Waals surface area contributed by atoms with Crippen LogP contribution in [-0.4, -0.2) is 46.1 Å². The van der Waals surface area contributed by atoms with Gasteiger partial charge in [-0.15, -0.1) is 0 Å². The number of aromatic nitrogens is 2. The summed E-state index contributed by atoms with van der Waals surface area (Å²) in [6.45, 7) is 7.50. The first-order chi connectivity index (χ1) is 14.8. The highest BCUT2D eigenvalue weighted by atomic mass is 19.1. The number of likely N-dealkylation sites (tertiary alicyclic amines) is 1. The molecule has 1 aromatic carbocycles. The molecular formula is C24H32FN3O3. The quantitative estimate of drug-likeness (QED) is 0.646. The van der Waals surface area contributed by atoms with Gasteiger partial charge in [-0.1, -0.05) is 12.1 Å². The van der Waals surface area contributed by atoms with E-state index in [-0.39, 0.29) is 24.1 Å². The molecule has 2 saturated heterocycles. The molecule has 2 aliphatic rings. The Kier molecular flexibility index (Phi) is 6.32. The van der Waals surface area contributed by atoms with Crippen LogP contribution in [0, 0.1) is 5.82 Å². The second kappa shape index (κ2) is 8.99. The number of carbonyl (C=O) groups excluding carboxylic acids is 1. The average molecular weight is 430 g/mol. The fourth-order valence-corrected chi connectivity index (χ4v) is 4.31. The predicted molar refractivity (Wildman–Crippen MR) is 116 cm³/mol. The summed E-state index contributed by atoms with van der Waals surface area (Å²) < 4.78 is 28.1. The first kappa shape index (κ1) is 21.8. The van der Waals surface area contributed by atoms with E-state index in [2.05, 4.69) is 5.10 Å². The average Bonchev–Trinajstić information content (AvgIpc) is 3.24. The molecule has 2 fully saturated rings. The second-order valence-electron chi connectivity index (χ2n) is 9.51. The standard InChI is InChI=1S/C24H32FN3O3/c1-24(2,3)31-23(29)27-11-9-17(10-12-27)20-8-7-18(14-21(20)25)19-15-26-28(16-19)22-6-4-5-13-30-22/h7-8,14-17,22H,4-6,9-13H2,1-3H3. The number of nitrogens with zero attached hydrogens (tertiary/aromatic N) is 3. The van der Waals surface area contributed by atoms with E-state index in [0.29, 0.717) is 13.1 Å². The monoisotopic (exact) mass is 429 g/mol. The predicted octanol–water partition coefficient (Wildman–Crippen LogP) is 5.50. The minimum Gasteiger partial charge on any atom is -0.444 e. The van der Waals surface area contributed by atoms with Gasteiger partial charge in [0.25, 0.3) is 0 Å². The SMILES string of the molecule is CC(C)(C)OC(=O)N1CCC(c2ccc(-c3cnn(C4CCCCO4)c3)cc2F)CC1. The highest BCUT2D eigenvalue weighted by molar-refractivity contribution is 5.68. The van der Waals surface area contributed by atoms with E-state index in [1.54, 1.807) is 17.2 Å². The van der Waals surface area contributed by atoms with Crippen molar-refractivity contribution in [3.63, 3.8) is 0 Å². The number of piperidine rings is 1. The Morgan fingerprint density at radius 2 is 1.94 bits per heavy atom. The summed E-state index contributed by atoms with van der Waals surface area (Å²) in [7, 11) is 0. The van der Waals surface area contributed by atoms with Crippen LogP contribution in [0.3, 0.4) is 0 Å². The van der Waals surface area contributed by atoms with Crippen LogP contribution in [-0.2, 0) is 9.47 Å². The first-order valence-corrected chi connectivity index (χ1v) is 11.2. The number of benzene rings is 1. The van der Waals surface area contributed by atoms with Crippen molar-refractivity contribution in [2.24, 2.45) is 0 Å². The molecule has 0 radical (unpaired) electrons. The summed E-state index contributed by atoms with van der Waals surface area (Å²) in [4.78, 5) is 14.0. The third kappa shape index (κ3) is 5.26. The third-order valence-corrected chi connectivity index (χ3v) is 5.97.